The summed E-state index contributed by atoms with van der Waals surface area (Å²) in [7, 11) is 0. The lowest BCUT2D eigenvalue weighted by molar-refractivity contribution is 0.311. The largest absolute Gasteiger partial charge is 0.487 e. The van der Waals surface area contributed by atoms with Gasteiger partial charge in [0.15, 0.2) is 0 Å². The Morgan fingerprint density at radius 3 is 1.95 bits per heavy atom. The molecule has 2 nitrogen and oxygen atoms in total. The van der Waals surface area contributed by atoms with Gasteiger partial charge in [-0.3, -0.25) is 0 Å². The Labute approximate surface area is 258 Å². The van der Waals surface area contributed by atoms with Gasteiger partial charge < -0.3 is 10.5 Å². The summed E-state index contributed by atoms with van der Waals surface area (Å²) in [5.74, 6) is 0.705. The molecule has 0 bridgehead atoms. The van der Waals surface area contributed by atoms with Crippen molar-refractivity contribution in [3.8, 4) is 39.1 Å². The number of rotatable bonds is 5. The Balaban J connectivity index is 1.48. The number of nitrogen functional groups attached to an aromatic ring is 1. The average Bonchev–Trinajstić information content (AvgIpc) is 3.29. The van der Waals surface area contributed by atoms with Gasteiger partial charge in [0.25, 0.3) is 0 Å². The highest BCUT2D eigenvalue weighted by atomic mass is 16.5. The summed E-state index contributed by atoms with van der Waals surface area (Å²) in [6.07, 6.45) is 0. The van der Waals surface area contributed by atoms with Gasteiger partial charge in [0.05, 0.1) is 5.69 Å². The highest BCUT2D eigenvalue weighted by Gasteiger charge is 2.36. The first kappa shape index (κ1) is 26.3. The van der Waals surface area contributed by atoms with Crippen molar-refractivity contribution in [1.29, 1.82) is 0 Å². The van der Waals surface area contributed by atoms with Crippen LogP contribution in [0.15, 0.2) is 140 Å². The maximum absolute atomic E-state index is 6.48. The molecule has 7 aromatic carbocycles. The number of hydrogen-bond acceptors (Lipinski definition) is 2. The number of para-hydroxylation sites is 2. The fourth-order valence-corrected chi connectivity index (χ4v) is 7.24. The molecular weight excluding hydrogens is 534 g/mol. The molecule has 0 unspecified atom stereocenters. The lowest BCUT2D eigenvalue weighted by Crippen LogP contribution is -2.15. The van der Waals surface area contributed by atoms with Crippen LogP contribution >= 0.6 is 0 Å². The molecule has 2 heteroatoms. The molecule has 1 aliphatic rings. The summed E-state index contributed by atoms with van der Waals surface area (Å²) in [4.78, 5) is 0. The van der Waals surface area contributed by atoms with E-state index < -0.39 is 0 Å². The lowest BCUT2D eigenvalue weighted by atomic mass is 9.79. The Morgan fingerprint density at radius 2 is 1.16 bits per heavy atom. The van der Waals surface area contributed by atoms with Gasteiger partial charge in [0.1, 0.15) is 12.4 Å². The van der Waals surface area contributed by atoms with Crippen LogP contribution in [0, 0.1) is 0 Å². The van der Waals surface area contributed by atoms with Crippen LogP contribution in [0.25, 0.3) is 54.9 Å². The van der Waals surface area contributed by atoms with Gasteiger partial charge in [-0.1, -0.05) is 129 Å². The smallest absolute Gasteiger partial charge is 0.142 e. The predicted molar refractivity (Wildman–Crippen MR) is 185 cm³/mol. The van der Waals surface area contributed by atoms with Gasteiger partial charge in [-0.2, -0.15) is 0 Å². The molecule has 0 heterocycles. The number of benzene rings is 7. The van der Waals surface area contributed by atoms with Gasteiger partial charge in [-0.15, -0.1) is 0 Å². The predicted octanol–water partition coefficient (Wildman–Crippen LogP) is 10.8. The fraction of sp³-hybridized carbons (Fsp3) is 0.0952. The molecule has 212 valence electrons. The Kier molecular flexibility index (Phi) is 6.06. The van der Waals surface area contributed by atoms with Crippen LogP contribution in [0.4, 0.5) is 5.69 Å². The van der Waals surface area contributed by atoms with E-state index in [-0.39, 0.29) is 5.41 Å². The molecule has 7 aromatic rings. The third-order valence-electron chi connectivity index (χ3n) is 9.41. The lowest BCUT2D eigenvalue weighted by Gasteiger charge is -2.24. The monoisotopic (exact) mass is 567 g/mol. The van der Waals surface area contributed by atoms with Gasteiger partial charge in [-0.05, 0) is 90.3 Å². The van der Waals surface area contributed by atoms with Crippen LogP contribution in [0.5, 0.6) is 5.75 Å². The van der Waals surface area contributed by atoms with E-state index in [4.69, 9.17) is 10.5 Å². The van der Waals surface area contributed by atoms with Crippen molar-refractivity contribution in [3.05, 3.63) is 156 Å². The minimum Gasteiger partial charge on any atom is -0.487 e. The molecule has 8 rings (SSSR count). The maximum atomic E-state index is 6.48. The third-order valence-corrected chi connectivity index (χ3v) is 9.41. The summed E-state index contributed by atoms with van der Waals surface area (Å²) in [5, 5.41) is 4.86. The minimum atomic E-state index is -0.114. The van der Waals surface area contributed by atoms with Crippen molar-refractivity contribution >= 4 is 27.2 Å². The van der Waals surface area contributed by atoms with E-state index in [1.807, 2.05) is 24.3 Å². The maximum Gasteiger partial charge on any atom is 0.142 e. The molecule has 0 fully saturated rings. The van der Waals surface area contributed by atoms with Crippen LogP contribution < -0.4 is 10.5 Å². The van der Waals surface area contributed by atoms with E-state index in [1.54, 1.807) is 0 Å². The molecule has 0 aliphatic heterocycles. The van der Waals surface area contributed by atoms with Crippen LogP contribution in [0.2, 0.25) is 0 Å². The molecule has 0 spiro atoms. The van der Waals surface area contributed by atoms with Crippen molar-refractivity contribution in [3.63, 3.8) is 0 Å². The van der Waals surface area contributed by atoms with Gasteiger partial charge in [0, 0.05) is 11.0 Å². The van der Waals surface area contributed by atoms with Crippen molar-refractivity contribution in [2.75, 3.05) is 5.73 Å². The SMILES string of the molecule is CC1(C)c2ccccc2-c2cc3c(COc4ccccc4N)c4ccccc4c(-c4ccccc4-c4ccccc4)c3cc21. The summed E-state index contributed by atoms with van der Waals surface area (Å²) < 4.78 is 6.48. The second-order valence-electron chi connectivity index (χ2n) is 12.3. The van der Waals surface area contributed by atoms with E-state index >= 15 is 0 Å². The van der Waals surface area contributed by atoms with E-state index in [0.717, 1.165) is 0 Å². The third kappa shape index (κ3) is 4.02. The normalized spacial score (nSPS) is 13.1. The molecule has 2 N–H and O–H groups in total. The number of ether oxygens (including phenoxy) is 1. The number of nitrogens with two attached hydrogens (primary N) is 1. The van der Waals surface area contributed by atoms with Crippen molar-refractivity contribution in [2.45, 2.75) is 25.9 Å². The van der Waals surface area contributed by atoms with E-state index in [1.165, 1.54) is 71.6 Å². The molecule has 0 saturated carbocycles. The zero-order valence-electron chi connectivity index (χ0n) is 25.0. The fourth-order valence-electron chi connectivity index (χ4n) is 7.24. The van der Waals surface area contributed by atoms with E-state index in [9.17, 15) is 0 Å². The van der Waals surface area contributed by atoms with Gasteiger partial charge in [0.2, 0.25) is 0 Å². The van der Waals surface area contributed by atoms with Crippen LogP contribution in [0.1, 0.15) is 30.5 Å². The molecule has 0 aromatic heterocycles. The highest BCUT2D eigenvalue weighted by Crippen LogP contribution is 2.52. The molecule has 0 saturated heterocycles. The second-order valence-corrected chi connectivity index (χ2v) is 12.3. The Morgan fingerprint density at radius 1 is 0.523 bits per heavy atom. The van der Waals surface area contributed by atoms with Crippen LogP contribution in [0.3, 0.4) is 0 Å². The topological polar surface area (TPSA) is 35.2 Å². The summed E-state index contributed by atoms with van der Waals surface area (Å²) in [5.41, 5.74) is 18.3. The first-order chi connectivity index (χ1) is 21.5. The molecule has 0 amide bonds. The summed E-state index contributed by atoms with van der Waals surface area (Å²) in [6.45, 7) is 5.12. The molecular formula is C42H33NO. The molecule has 0 atom stereocenters. The first-order valence-electron chi connectivity index (χ1n) is 15.3. The second kappa shape index (κ2) is 10.1. The number of hydrogen-bond donors (Lipinski definition) is 1. The highest BCUT2D eigenvalue weighted by molar-refractivity contribution is 6.18. The van der Waals surface area contributed by atoms with Crippen molar-refractivity contribution in [2.24, 2.45) is 0 Å². The Hall–Kier alpha value is -5.34. The first-order valence-corrected chi connectivity index (χ1v) is 15.3. The zero-order valence-corrected chi connectivity index (χ0v) is 25.0. The number of anilines is 1. The Bertz CT molecular complexity index is 2210. The van der Waals surface area contributed by atoms with Gasteiger partial charge >= 0.3 is 0 Å². The zero-order chi connectivity index (χ0) is 29.8. The number of fused-ring (bicyclic) bond motifs is 5. The standard InChI is InChI=1S/C42H33NO/c1-42(2)37-21-11-10-18-30(37)34-24-33-35(25-38(34)42)41(31-19-8-6-16-28(31)27-14-4-3-5-15-27)32-20-9-7-17-29(32)36(33)26-44-40-23-13-12-22-39(40)43/h3-25H,26,43H2,1-2H3. The van der Waals surface area contributed by atoms with Crippen molar-refractivity contribution < 1.29 is 4.74 Å². The molecule has 44 heavy (non-hydrogen) atoms. The summed E-state index contributed by atoms with van der Waals surface area (Å²) in [6, 6.07) is 49.8. The summed E-state index contributed by atoms with van der Waals surface area (Å²) >= 11 is 0. The molecule has 1 aliphatic carbocycles. The van der Waals surface area contributed by atoms with E-state index in [0.29, 0.717) is 18.0 Å². The van der Waals surface area contributed by atoms with Crippen LogP contribution in [-0.2, 0) is 12.0 Å². The van der Waals surface area contributed by atoms with Gasteiger partial charge in [-0.25, -0.2) is 0 Å². The van der Waals surface area contributed by atoms with Crippen molar-refractivity contribution in [1.82, 2.24) is 0 Å². The average molecular weight is 568 g/mol. The quantitative estimate of drug-likeness (QED) is 0.166. The van der Waals surface area contributed by atoms with Crippen LogP contribution in [-0.4, -0.2) is 0 Å². The molecule has 0 radical (unpaired) electrons. The minimum absolute atomic E-state index is 0.114. The van der Waals surface area contributed by atoms with E-state index in [2.05, 4.69) is 129 Å².